The van der Waals surface area contributed by atoms with E-state index in [-0.39, 0.29) is 6.04 Å². The first-order valence-electron chi connectivity index (χ1n) is 6.18. The summed E-state index contributed by atoms with van der Waals surface area (Å²) in [6.07, 6.45) is 5.18. The molecule has 2 unspecified atom stereocenters. The number of nitrogens with two attached hydrogens (primary N) is 1. The van der Waals surface area contributed by atoms with Crippen LogP contribution in [-0.2, 0) is 4.79 Å². The summed E-state index contributed by atoms with van der Waals surface area (Å²) < 4.78 is 0. The average Bonchev–Trinajstić information content (AvgIpc) is 2.66. The van der Waals surface area contributed by atoms with Crippen LogP contribution in [0.5, 0.6) is 0 Å². The minimum atomic E-state index is 0.221. The van der Waals surface area contributed by atoms with Crippen molar-refractivity contribution in [3.8, 4) is 0 Å². The largest absolute Gasteiger partial charge is 0.342 e. The SMILES string of the molecule is CCCCCC(=O)N1CCC(C(C)N)C1. The Morgan fingerprint density at radius 1 is 1.53 bits per heavy atom. The van der Waals surface area contributed by atoms with Crippen LogP contribution in [0.3, 0.4) is 0 Å². The molecule has 2 N–H and O–H groups in total. The Labute approximate surface area is 93.0 Å². The van der Waals surface area contributed by atoms with Gasteiger partial charge in [-0.3, -0.25) is 4.79 Å². The topological polar surface area (TPSA) is 46.3 Å². The van der Waals surface area contributed by atoms with Crippen molar-refractivity contribution in [2.75, 3.05) is 13.1 Å². The van der Waals surface area contributed by atoms with Crippen LogP contribution in [0, 0.1) is 5.92 Å². The van der Waals surface area contributed by atoms with Gasteiger partial charge in [0.25, 0.3) is 0 Å². The number of carbonyl (C=O) groups is 1. The fourth-order valence-corrected chi connectivity index (χ4v) is 2.13. The summed E-state index contributed by atoms with van der Waals surface area (Å²) in [7, 11) is 0. The van der Waals surface area contributed by atoms with Gasteiger partial charge < -0.3 is 10.6 Å². The average molecular weight is 212 g/mol. The fraction of sp³-hybridized carbons (Fsp3) is 0.917. The number of hydrogen-bond donors (Lipinski definition) is 1. The van der Waals surface area contributed by atoms with Crippen LogP contribution in [0.2, 0.25) is 0 Å². The molecule has 0 radical (unpaired) electrons. The van der Waals surface area contributed by atoms with Gasteiger partial charge in [-0.1, -0.05) is 19.8 Å². The number of likely N-dealkylation sites (tertiary alicyclic amines) is 1. The first-order chi connectivity index (χ1) is 7.15. The van der Waals surface area contributed by atoms with Crippen molar-refractivity contribution in [2.24, 2.45) is 11.7 Å². The van der Waals surface area contributed by atoms with E-state index in [0.717, 1.165) is 38.8 Å². The van der Waals surface area contributed by atoms with Crippen molar-refractivity contribution in [1.82, 2.24) is 4.90 Å². The van der Waals surface area contributed by atoms with Crippen molar-refractivity contribution in [3.05, 3.63) is 0 Å². The van der Waals surface area contributed by atoms with Gasteiger partial charge in [-0.15, -0.1) is 0 Å². The van der Waals surface area contributed by atoms with E-state index in [4.69, 9.17) is 5.73 Å². The highest BCUT2D eigenvalue weighted by molar-refractivity contribution is 5.76. The predicted molar refractivity (Wildman–Crippen MR) is 62.5 cm³/mol. The molecule has 0 aromatic rings. The smallest absolute Gasteiger partial charge is 0.222 e. The van der Waals surface area contributed by atoms with E-state index in [9.17, 15) is 4.79 Å². The van der Waals surface area contributed by atoms with Crippen LogP contribution in [-0.4, -0.2) is 29.9 Å². The molecule has 0 saturated carbocycles. The highest BCUT2D eigenvalue weighted by atomic mass is 16.2. The van der Waals surface area contributed by atoms with E-state index in [1.54, 1.807) is 0 Å². The second-order valence-electron chi connectivity index (χ2n) is 4.70. The minimum absolute atomic E-state index is 0.221. The molecule has 1 fully saturated rings. The Morgan fingerprint density at radius 2 is 2.27 bits per heavy atom. The van der Waals surface area contributed by atoms with Crippen LogP contribution >= 0.6 is 0 Å². The van der Waals surface area contributed by atoms with Crippen LogP contribution in [0.15, 0.2) is 0 Å². The molecule has 15 heavy (non-hydrogen) atoms. The second kappa shape index (κ2) is 6.11. The van der Waals surface area contributed by atoms with Crippen LogP contribution in [0.25, 0.3) is 0 Å². The van der Waals surface area contributed by atoms with Gasteiger partial charge in [0, 0.05) is 25.6 Å². The van der Waals surface area contributed by atoms with Crippen molar-refractivity contribution in [3.63, 3.8) is 0 Å². The maximum atomic E-state index is 11.8. The van der Waals surface area contributed by atoms with E-state index in [2.05, 4.69) is 6.92 Å². The number of amides is 1. The summed E-state index contributed by atoms with van der Waals surface area (Å²) in [5, 5.41) is 0. The summed E-state index contributed by atoms with van der Waals surface area (Å²) in [4.78, 5) is 13.8. The van der Waals surface area contributed by atoms with Gasteiger partial charge in [-0.05, 0) is 25.7 Å². The third kappa shape index (κ3) is 3.82. The zero-order valence-electron chi connectivity index (χ0n) is 10.0. The molecular formula is C12H24N2O. The van der Waals surface area contributed by atoms with Gasteiger partial charge >= 0.3 is 0 Å². The summed E-state index contributed by atoms with van der Waals surface area (Å²) in [5.41, 5.74) is 5.84. The monoisotopic (exact) mass is 212 g/mol. The second-order valence-corrected chi connectivity index (χ2v) is 4.70. The van der Waals surface area contributed by atoms with E-state index in [1.807, 2.05) is 11.8 Å². The van der Waals surface area contributed by atoms with E-state index in [0.29, 0.717) is 11.8 Å². The maximum absolute atomic E-state index is 11.8. The van der Waals surface area contributed by atoms with Crippen LogP contribution < -0.4 is 5.73 Å². The molecule has 1 heterocycles. The van der Waals surface area contributed by atoms with Crippen molar-refractivity contribution < 1.29 is 4.79 Å². The standard InChI is InChI=1S/C12H24N2O/c1-3-4-5-6-12(15)14-8-7-11(9-14)10(2)13/h10-11H,3-9,13H2,1-2H3. The Balaban J connectivity index is 2.24. The zero-order valence-corrected chi connectivity index (χ0v) is 10.0. The van der Waals surface area contributed by atoms with Gasteiger partial charge in [0.2, 0.25) is 5.91 Å². The molecule has 0 bridgehead atoms. The summed E-state index contributed by atoms with van der Waals surface area (Å²) >= 11 is 0. The molecule has 0 aromatic heterocycles. The molecule has 0 aromatic carbocycles. The number of unbranched alkanes of at least 4 members (excludes halogenated alkanes) is 2. The Morgan fingerprint density at radius 3 is 2.80 bits per heavy atom. The van der Waals surface area contributed by atoms with Crippen molar-refractivity contribution in [2.45, 2.75) is 52.0 Å². The number of rotatable bonds is 5. The molecule has 1 amide bonds. The Bertz CT molecular complexity index is 204. The lowest BCUT2D eigenvalue weighted by Crippen LogP contribution is -2.32. The first-order valence-corrected chi connectivity index (χ1v) is 6.18. The minimum Gasteiger partial charge on any atom is -0.342 e. The Hall–Kier alpha value is -0.570. The summed E-state index contributed by atoms with van der Waals surface area (Å²) in [6.45, 7) is 5.99. The van der Waals surface area contributed by atoms with Gasteiger partial charge in [-0.2, -0.15) is 0 Å². The quantitative estimate of drug-likeness (QED) is 0.706. The van der Waals surface area contributed by atoms with Crippen molar-refractivity contribution in [1.29, 1.82) is 0 Å². The molecular weight excluding hydrogens is 188 g/mol. The molecule has 3 heteroatoms. The molecule has 88 valence electrons. The highest BCUT2D eigenvalue weighted by Crippen LogP contribution is 2.19. The molecule has 2 atom stereocenters. The van der Waals surface area contributed by atoms with Crippen LogP contribution in [0.4, 0.5) is 0 Å². The lowest BCUT2D eigenvalue weighted by Gasteiger charge is -2.18. The molecule has 0 spiro atoms. The molecule has 1 rings (SSSR count). The van der Waals surface area contributed by atoms with E-state index in [1.165, 1.54) is 6.42 Å². The molecule has 1 saturated heterocycles. The lowest BCUT2D eigenvalue weighted by molar-refractivity contribution is -0.130. The Kier molecular flexibility index (Phi) is 5.09. The predicted octanol–water partition coefficient (Wildman–Crippen LogP) is 1.76. The molecule has 1 aliphatic heterocycles. The third-order valence-corrected chi connectivity index (χ3v) is 3.32. The van der Waals surface area contributed by atoms with Gasteiger partial charge in [0.1, 0.15) is 0 Å². The van der Waals surface area contributed by atoms with E-state index < -0.39 is 0 Å². The number of hydrogen-bond acceptors (Lipinski definition) is 2. The highest BCUT2D eigenvalue weighted by Gasteiger charge is 2.27. The normalized spacial score (nSPS) is 23.1. The summed E-state index contributed by atoms with van der Waals surface area (Å²) in [6, 6.07) is 0.221. The zero-order chi connectivity index (χ0) is 11.3. The van der Waals surface area contributed by atoms with Gasteiger partial charge in [0.05, 0.1) is 0 Å². The fourth-order valence-electron chi connectivity index (χ4n) is 2.13. The van der Waals surface area contributed by atoms with Crippen LogP contribution in [0.1, 0.15) is 46.0 Å². The van der Waals surface area contributed by atoms with Gasteiger partial charge in [-0.25, -0.2) is 0 Å². The summed E-state index contributed by atoms with van der Waals surface area (Å²) in [5.74, 6) is 0.840. The van der Waals surface area contributed by atoms with Gasteiger partial charge in [0.15, 0.2) is 0 Å². The third-order valence-electron chi connectivity index (χ3n) is 3.32. The first kappa shape index (κ1) is 12.5. The molecule has 3 nitrogen and oxygen atoms in total. The molecule has 0 aliphatic carbocycles. The van der Waals surface area contributed by atoms with Crippen molar-refractivity contribution >= 4 is 5.91 Å². The van der Waals surface area contributed by atoms with E-state index >= 15 is 0 Å². The molecule has 1 aliphatic rings. The number of nitrogens with zero attached hydrogens (tertiary/aromatic N) is 1. The number of carbonyl (C=O) groups excluding carboxylic acids is 1. The maximum Gasteiger partial charge on any atom is 0.222 e. The lowest BCUT2D eigenvalue weighted by atomic mass is 10.0.